The van der Waals surface area contributed by atoms with Crippen molar-refractivity contribution >= 4 is 32.7 Å². The van der Waals surface area contributed by atoms with E-state index in [0.29, 0.717) is 18.7 Å². The van der Waals surface area contributed by atoms with Crippen LogP contribution in [-0.4, -0.2) is 61.8 Å². The van der Waals surface area contributed by atoms with Crippen molar-refractivity contribution < 1.29 is 14.3 Å². The number of ether oxygens (including phenoxy) is 2. The number of carbonyl (C=O) groups excluding carboxylic acids is 1. The summed E-state index contributed by atoms with van der Waals surface area (Å²) in [6.07, 6.45) is 0.966. The largest absolute Gasteiger partial charge is 0.494 e. The summed E-state index contributed by atoms with van der Waals surface area (Å²) in [4.78, 5) is 20.3. The van der Waals surface area contributed by atoms with E-state index < -0.39 is 0 Å². The van der Waals surface area contributed by atoms with Gasteiger partial charge in [-0.3, -0.25) is 9.69 Å². The topological polar surface area (TPSA) is 63.7 Å². The van der Waals surface area contributed by atoms with E-state index in [-0.39, 0.29) is 5.91 Å². The number of amides is 1. The lowest BCUT2D eigenvalue weighted by molar-refractivity contribution is 0.0383. The summed E-state index contributed by atoms with van der Waals surface area (Å²) in [5.41, 5.74) is 3.12. The molecule has 0 bridgehead atoms. The molecule has 6 nitrogen and oxygen atoms in total. The number of fused-ring (bicyclic) bond motifs is 1. The lowest BCUT2D eigenvalue weighted by Crippen LogP contribution is -2.41. The predicted molar refractivity (Wildman–Crippen MR) is 130 cm³/mol. The molecule has 3 aromatic rings. The number of aromatic nitrogens is 1. The van der Waals surface area contributed by atoms with E-state index in [9.17, 15) is 4.79 Å². The highest BCUT2D eigenvalue weighted by molar-refractivity contribution is 9.10. The molecule has 1 saturated heterocycles. The molecule has 32 heavy (non-hydrogen) atoms. The van der Waals surface area contributed by atoms with E-state index in [0.717, 1.165) is 71.7 Å². The molecule has 1 aliphatic heterocycles. The molecule has 1 aliphatic rings. The minimum absolute atomic E-state index is 0.0899. The van der Waals surface area contributed by atoms with Gasteiger partial charge in [0.05, 0.1) is 36.6 Å². The Morgan fingerprint density at radius 3 is 2.69 bits per heavy atom. The number of carbonyl (C=O) groups is 1. The maximum absolute atomic E-state index is 13.2. The van der Waals surface area contributed by atoms with E-state index in [1.165, 1.54) is 0 Å². The Hall–Kier alpha value is -2.48. The zero-order chi connectivity index (χ0) is 22.3. The van der Waals surface area contributed by atoms with Crippen molar-refractivity contribution in [1.29, 1.82) is 0 Å². The van der Waals surface area contributed by atoms with Crippen LogP contribution >= 0.6 is 15.9 Å². The number of morpholine rings is 1. The van der Waals surface area contributed by atoms with Crippen molar-refractivity contribution in [2.45, 2.75) is 13.3 Å². The van der Waals surface area contributed by atoms with Gasteiger partial charge in [0.15, 0.2) is 0 Å². The van der Waals surface area contributed by atoms with Crippen LogP contribution in [0.3, 0.4) is 0 Å². The fourth-order valence-corrected chi connectivity index (χ4v) is 4.08. The lowest BCUT2D eigenvalue weighted by atomic mass is 10.0. The molecule has 0 saturated carbocycles. The smallest absolute Gasteiger partial charge is 0.252 e. The fraction of sp³-hybridized carbons (Fsp3) is 0.360. The van der Waals surface area contributed by atoms with Crippen molar-refractivity contribution in [3.8, 4) is 17.0 Å². The van der Waals surface area contributed by atoms with Crippen LogP contribution in [0.25, 0.3) is 22.2 Å². The molecule has 4 rings (SSSR count). The summed E-state index contributed by atoms with van der Waals surface area (Å²) in [7, 11) is 0. The standard InChI is InChI=1S/C25H28BrN3O3/c1-2-13-32-20-6-3-18(4-7-20)24-17-22(21-16-19(26)5-8-23(21)28-24)25(30)27-9-10-29-11-14-31-15-12-29/h3-8,16-17H,2,9-15H2,1H3,(H,27,30). The monoisotopic (exact) mass is 497 g/mol. The average Bonchev–Trinajstić information content (AvgIpc) is 2.83. The zero-order valence-corrected chi connectivity index (χ0v) is 19.9. The number of hydrogen-bond acceptors (Lipinski definition) is 5. The average molecular weight is 498 g/mol. The third-order valence-corrected chi connectivity index (χ3v) is 5.95. The second-order valence-electron chi connectivity index (χ2n) is 7.80. The van der Waals surface area contributed by atoms with E-state index in [4.69, 9.17) is 14.5 Å². The van der Waals surface area contributed by atoms with Gasteiger partial charge in [-0.2, -0.15) is 0 Å². The Morgan fingerprint density at radius 2 is 1.94 bits per heavy atom. The molecular weight excluding hydrogens is 470 g/mol. The number of nitrogens with one attached hydrogen (secondary N) is 1. The van der Waals surface area contributed by atoms with Crippen molar-refractivity contribution in [2.75, 3.05) is 46.0 Å². The van der Waals surface area contributed by atoms with Gasteiger partial charge in [-0.05, 0) is 55.0 Å². The number of nitrogens with zero attached hydrogens (tertiary/aromatic N) is 2. The summed E-state index contributed by atoms with van der Waals surface area (Å²) in [5.74, 6) is 0.745. The lowest BCUT2D eigenvalue weighted by Gasteiger charge is -2.26. The van der Waals surface area contributed by atoms with Crippen molar-refractivity contribution in [3.05, 3.63) is 58.6 Å². The Morgan fingerprint density at radius 1 is 1.16 bits per heavy atom. The second-order valence-corrected chi connectivity index (χ2v) is 8.71. The number of pyridine rings is 1. The molecule has 168 valence electrons. The summed E-state index contributed by atoms with van der Waals surface area (Å²) in [5, 5.41) is 3.91. The van der Waals surface area contributed by atoms with Crippen LogP contribution in [0.4, 0.5) is 0 Å². The van der Waals surface area contributed by atoms with Gasteiger partial charge < -0.3 is 14.8 Å². The van der Waals surface area contributed by atoms with Crippen LogP contribution in [0, 0.1) is 0 Å². The summed E-state index contributed by atoms with van der Waals surface area (Å²) in [6, 6.07) is 15.6. The predicted octanol–water partition coefficient (Wildman–Crippen LogP) is 4.52. The second kappa shape index (κ2) is 10.9. The molecule has 1 aromatic heterocycles. The van der Waals surface area contributed by atoms with E-state index in [1.54, 1.807) is 0 Å². The molecular formula is C25H28BrN3O3. The number of halogens is 1. The zero-order valence-electron chi connectivity index (χ0n) is 18.3. The molecule has 0 spiro atoms. The Kier molecular flexibility index (Phi) is 7.73. The highest BCUT2D eigenvalue weighted by Crippen LogP contribution is 2.28. The minimum Gasteiger partial charge on any atom is -0.494 e. The first-order valence-corrected chi connectivity index (χ1v) is 11.8. The Balaban J connectivity index is 1.57. The quantitative estimate of drug-likeness (QED) is 0.495. The van der Waals surface area contributed by atoms with Crippen LogP contribution in [0.1, 0.15) is 23.7 Å². The maximum atomic E-state index is 13.2. The van der Waals surface area contributed by atoms with Crippen molar-refractivity contribution in [1.82, 2.24) is 15.2 Å². The molecule has 0 unspecified atom stereocenters. The number of benzene rings is 2. The first-order chi connectivity index (χ1) is 15.6. The van der Waals surface area contributed by atoms with Gasteiger partial charge in [0.1, 0.15) is 5.75 Å². The molecule has 0 radical (unpaired) electrons. The number of hydrogen-bond donors (Lipinski definition) is 1. The molecule has 2 heterocycles. The van der Waals surface area contributed by atoms with Crippen LogP contribution in [-0.2, 0) is 4.74 Å². The van der Waals surface area contributed by atoms with Crippen LogP contribution in [0.5, 0.6) is 5.75 Å². The highest BCUT2D eigenvalue weighted by atomic mass is 79.9. The van der Waals surface area contributed by atoms with E-state index >= 15 is 0 Å². The third-order valence-electron chi connectivity index (χ3n) is 5.46. The normalized spacial score (nSPS) is 14.4. The maximum Gasteiger partial charge on any atom is 0.252 e. The SMILES string of the molecule is CCCOc1ccc(-c2cc(C(=O)NCCN3CCOCC3)c3cc(Br)ccc3n2)cc1. The summed E-state index contributed by atoms with van der Waals surface area (Å²) in [6.45, 7) is 7.50. The van der Waals surface area contributed by atoms with Crippen molar-refractivity contribution in [3.63, 3.8) is 0 Å². The fourth-order valence-electron chi connectivity index (χ4n) is 3.72. The highest BCUT2D eigenvalue weighted by Gasteiger charge is 2.16. The van der Waals surface area contributed by atoms with Crippen LogP contribution < -0.4 is 10.1 Å². The minimum atomic E-state index is -0.0899. The van der Waals surface area contributed by atoms with Gasteiger partial charge in [-0.25, -0.2) is 4.98 Å². The van der Waals surface area contributed by atoms with Gasteiger partial charge >= 0.3 is 0 Å². The first-order valence-electron chi connectivity index (χ1n) is 11.1. The van der Waals surface area contributed by atoms with Gasteiger partial charge in [-0.1, -0.05) is 22.9 Å². The molecule has 1 N–H and O–H groups in total. The molecule has 1 amide bonds. The first kappa shape index (κ1) is 22.7. The van der Waals surface area contributed by atoms with E-state index in [1.807, 2.05) is 48.5 Å². The molecule has 2 aromatic carbocycles. The van der Waals surface area contributed by atoms with Crippen LogP contribution in [0.15, 0.2) is 53.0 Å². The Bertz CT molecular complexity index is 1070. The summed E-state index contributed by atoms with van der Waals surface area (Å²) >= 11 is 3.52. The van der Waals surface area contributed by atoms with Crippen LogP contribution in [0.2, 0.25) is 0 Å². The van der Waals surface area contributed by atoms with Gasteiger partial charge in [-0.15, -0.1) is 0 Å². The molecule has 0 atom stereocenters. The molecule has 0 aliphatic carbocycles. The van der Waals surface area contributed by atoms with Gasteiger partial charge in [0.2, 0.25) is 0 Å². The number of rotatable bonds is 8. The Labute approximate surface area is 197 Å². The van der Waals surface area contributed by atoms with Gasteiger partial charge in [0, 0.05) is 41.6 Å². The van der Waals surface area contributed by atoms with Gasteiger partial charge in [0.25, 0.3) is 5.91 Å². The van der Waals surface area contributed by atoms with Crippen molar-refractivity contribution in [2.24, 2.45) is 0 Å². The third kappa shape index (κ3) is 5.65. The molecule has 7 heteroatoms. The van der Waals surface area contributed by atoms with E-state index in [2.05, 4.69) is 33.1 Å². The molecule has 1 fully saturated rings. The summed E-state index contributed by atoms with van der Waals surface area (Å²) < 4.78 is 12.0.